The lowest BCUT2D eigenvalue weighted by molar-refractivity contribution is -0.202. The molecule has 1 saturated carbocycles. The van der Waals surface area contributed by atoms with E-state index < -0.39 is 12.1 Å². The first-order chi connectivity index (χ1) is 6.86. The summed E-state index contributed by atoms with van der Waals surface area (Å²) >= 11 is 0. The SMILES string of the molecule is CNC1CCC(C(F)(F)F)C(C(C)C)C1. The maximum absolute atomic E-state index is 12.8. The molecule has 0 aromatic carbocycles. The van der Waals surface area contributed by atoms with Crippen molar-refractivity contribution in [3.63, 3.8) is 0 Å². The fourth-order valence-corrected chi connectivity index (χ4v) is 2.61. The fraction of sp³-hybridized carbons (Fsp3) is 1.00. The molecular formula is C11H20F3N. The van der Waals surface area contributed by atoms with Gasteiger partial charge in [0, 0.05) is 6.04 Å². The van der Waals surface area contributed by atoms with Crippen molar-refractivity contribution in [1.29, 1.82) is 0 Å². The molecule has 0 bridgehead atoms. The third kappa shape index (κ3) is 3.10. The van der Waals surface area contributed by atoms with E-state index in [0.717, 1.165) is 0 Å². The van der Waals surface area contributed by atoms with Gasteiger partial charge in [-0.1, -0.05) is 13.8 Å². The summed E-state index contributed by atoms with van der Waals surface area (Å²) in [6.07, 6.45) is -2.45. The van der Waals surface area contributed by atoms with Crippen molar-refractivity contribution in [3.05, 3.63) is 0 Å². The number of alkyl halides is 3. The van der Waals surface area contributed by atoms with E-state index in [1.807, 2.05) is 20.9 Å². The minimum Gasteiger partial charge on any atom is -0.317 e. The Morgan fingerprint density at radius 1 is 1.20 bits per heavy atom. The Bertz CT molecular complexity index is 200. The molecule has 3 atom stereocenters. The van der Waals surface area contributed by atoms with Crippen LogP contribution in [0.25, 0.3) is 0 Å². The summed E-state index contributed by atoms with van der Waals surface area (Å²) in [6, 6.07) is 0.260. The second-order valence-electron chi connectivity index (χ2n) is 4.85. The summed E-state index contributed by atoms with van der Waals surface area (Å²) in [6.45, 7) is 3.78. The number of hydrogen-bond acceptors (Lipinski definition) is 1. The van der Waals surface area contributed by atoms with Gasteiger partial charge in [0.15, 0.2) is 0 Å². The molecule has 0 spiro atoms. The summed E-state index contributed by atoms with van der Waals surface area (Å²) in [7, 11) is 1.83. The molecule has 0 amide bonds. The van der Waals surface area contributed by atoms with Crippen molar-refractivity contribution in [1.82, 2.24) is 5.32 Å². The zero-order chi connectivity index (χ0) is 11.6. The average molecular weight is 223 g/mol. The van der Waals surface area contributed by atoms with E-state index in [1.165, 1.54) is 0 Å². The smallest absolute Gasteiger partial charge is 0.317 e. The van der Waals surface area contributed by atoms with E-state index in [0.29, 0.717) is 12.8 Å². The molecule has 0 saturated heterocycles. The van der Waals surface area contributed by atoms with Crippen LogP contribution in [0.1, 0.15) is 33.1 Å². The van der Waals surface area contributed by atoms with Gasteiger partial charge in [0.1, 0.15) is 0 Å². The minimum atomic E-state index is -4.02. The van der Waals surface area contributed by atoms with Gasteiger partial charge in [-0.25, -0.2) is 0 Å². The molecule has 0 aromatic heterocycles. The van der Waals surface area contributed by atoms with Crippen LogP contribution in [-0.2, 0) is 0 Å². The summed E-state index contributed by atoms with van der Waals surface area (Å²) < 4.78 is 38.3. The Morgan fingerprint density at radius 3 is 2.20 bits per heavy atom. The summed E-state index contributed by atoms with van der Waals surface area (Å²) in [4.78, 5) is 0. The van der Waals surface area contributed by atoms with Gasteiger partial charge in [-0.2, -0.15) is 13.2 Å². The van der Waals surface area contributed by atoms with Crippen molar-refractivity contribution in [2.75, 3.05) is 7.05 Å². The highest BCUT2D eigenvalue weighted by atomic mass is 19.4. The van der Waals surface area contributed by atoms with Crippen LogP contribution >= 0.6 is 0 Å². The molecule has 0 heterocycles. The lowest BCUT2D eigenvalue weighted by Gasteiger charge is -2.39. The topological polar surface area (TPSA) is 12.0 Å². The van der Waals surface area contributed by atoms with Crippen molar-refractivity contribution in [2.24, 2.45) is 17.8 Å². The maximum atomic E-state index is 12.8. The Hall–Kier alpha value is -0.250. The third-order valence-electron chi connectivity index (χ3n) is 3.58. The second kappa shape index (κ2) is 4.73. The van der Waals surface area contributed by atoms with E-state index >= 15 is 0 Å². The summed E-state index contributed by atoms with van der Waals surface area (Å²) in [5, 5.41) is 3.09. The Balaban J connectivity index is 2.72. The zero-order valence-electron chi connectivity index (χ0n) is 9.56. The van der Waals surface area contributed by atoms with Gasteiger partial charge in [0.2, 0.25) is 0 Å². The zero-order valence-corrected chi connectivity index (χ0v) is 9.56. The van der Waals surface area contributed by atoms with Crippen LogP contribution in [0.5, 0.6) is 0 Å². The van der Waals surface area contributed by atoms with Gasteiger partial charge in [-0.05, 0) is 38.1 Å². The quantitative estimate of drug-likeness (QED) is 0.758. The number of rotatable bonds is 2. The van der Waals surface area contributed by atoms with Gasteiger partial charge < -0.3 is 5.32 Å². The van der Waals surface area contributed by atoms with Crippen LogP contribution in [0.4, 0.5) is 13.2 Å². The van der Waals surface area contributed by atoms with Crippen LogP contribution < -0.4 is 5.32 Å². The van der Waals surface area contributed by atoms with Gasteiger partial charge in [0.05, 0.1) is 5.92 Å². The molecule has 1 rings (SSSR count). The average Bonchev–Trinajstić information content (AvgIpc) is 2.15. The molecule has 1 N–H and O–H groups in total. The predicted octanol–water partition coefficient (Wildman–Crippen LogP) is 3.21. The molecule has 4 heteroatoms. The van der Waals surface area contributed by atoms with E-state index in [-0.39, 0.29) is 24.3 Å². The molecule has 0 radical (unpaired) electrons. The van der Waals surface area contributed by atoms with Crippen molar-refractivity contribution in [3.8, 4) is 0 Å². The predicted molar refractivity (Wildman–Crippen MR) is 54.6 cm³/mol. The normalized spacial score (nSPS) is 33.4. The molecule has 0 aromatic rings. The van der Waals surface area contributed by atoms with Crippen molar-refractivity contribution < 1.29 is 13.2 Å². The van der Waals surface area contributed by atoms with Gasteiger partial charge in [-0.3, -0.25) is 0 Å². The van der Waals surface area contributed by atoms with Crippen LogP contribution in [0, 0.1) is 17.8 Å². The van der Waals surface area contributed by atoms with Crippen LogP contribution in [0.15, 0.2) is 0 Å². The minimum absolute atomic E-state index is 0.104. The second-order valence-corrected chi connectivity index (χ2v) is 4.85. The van der Waals surface area contributed by atoms with Crippen molar-refractivity contribution >= 4 is 0 Å². The number of nitrogens with one attached hydrogen (secondary N) is 1. The maximum Gasteiger partial charge on any atom is 0.392 e. The van der Waals surface area contributed by atoms with Crippen molar-refractivity contribution in [2.45, 2.75) is 45.3 Å². The Labute approximate surface area is 89.4 Å². The molecule has 1 nitrogen and oxygen atoms in total. The van der Waals surface area contributed by atoms with E-state index in [1.54, 1.807) is 0 Å². The number of hydrogen-bond donors (Lipinski definition) is 1. The summed E-state index contributed by atoms with van der Waals surface area (Å²) in [5.74, 6) is -1.22. The molecular weight excluding hydrogens is 203 g/mol. The Morgan fingerprint density at radius 2 is 1.80 bits per heavy atom. The highest BCUT2D eigenvalue weighted by Gasteiger charge is 2.47. The number of halogens is 3. The first-order valence-corrected chi connectivity index (χ1v) is 5.60. The molecule has 90 valence electrons. The van der Waals surface area contributed by atoms with E-state index in [4.69, 9.17) is 0 Å². The lowest BCUT2D eigenvalue weighted by Crippen LogP contribution is -2.43. The first-order valence-electron chi connectivity index (χ1n) is 5.60. The lowest BCUT2D eigenvalue weighted by atomic mass is 9.71. The fourth-order valence-electron chi connectivity index (χ4n) is 2.61. The highest BCUT2D eigenvalue weighted by Crippen LogP contribution is 2.44. The summed E-state index contributed by atoms with van der Waals surface area (Å²) in [5.41, 5.74) is 0. The molecule has 1 fully saturated rings. The molecule has 0 aliphatic heterocycles. The standard InChI is InChI=1S/C11H20F3N/c1-7(2)9-6-8(15-3)4-5-10(9)11(12,13)14/h7-10,15H,4-6H2,1-3H3. The van der Waals surface area contributed by atoms with Crippen LogP contribution in [0.3, 0.4) is 0 Å². The molecule has 1 aliphatic carbocycles. The largest absolute Gasteiger partial charge is 0.392 e. The first kappa shape index (κ1) is 12.8. The van der Waals surface area contributed by atoms with E-state index in [9.17, 15) is 13.2 Å². The van der Waals surface area contributed by atoms with Gasteiger partial charge in [-0.15, -0.1) is 0 Å². The Kier molecular flexibility index (Phi) is 4.04. The molecule has 15 heavy (non-hydrogen) atoms. The van der Waals surface area contributed by atoms with E-state index in [2.05, 4.69) is 5.32 Å². The van der Waals surface area contributed by atoms with Crippen LogP contribution in [-0.4, -0.2) is 19.3 Å². The monoisotopic (exact) mass is 223 g/mol. The van der Waals surface area contributed by atoms with Gasteiger partial charge in [0.25, 0.3) is 0 Å². The van der Waals surface area contributed by atoms with Gasteiger partial charge >= 0.3 is 6.18 Å². The molecule has 1 aliphatic rings. The third-order valence-corrected chi connectivity index (χ3v) is 3.58. The molecule has 3 unspecified atom stereocenters. The van der Waals surface area contributed by atoms with Crippen LogP contribution in [0.2, 0.25) is 0 Å². The highest BCUT2D eigenvalue weighted by molar-refractivity contribution is 4.87.